The summed E-state index contributed by atoms with van der Waals surface area (Å²) in [7, 11) is 0. The maximum Gasteiger partial charge on any atom is 0.175 e. The minimum atomic E-state index is -0.506. The van der Waals surface area contributed by atoms with Crippen molar-refractivity contribution in [3.63, 3.8) is 0 Å². The van der Waals surface area contributed by atoms with Gasteiger partial charge in [-0.25, -0.2) is 0 Å². The summed E-state index contributed by atoms with van der Waals surface area (Å²) in [5.74, 6) is 1.28. The lowest BCUT2D eigenvalue weighted by molar-refractivity contribution is -0.291. The highest BCUT2D eigenvalue weighted by Gasteiger charge is 2.43. The topological polar surface area (TPSA) is 36.9 Å². The van der Waals surface area contributed by atoms with Gasteiger partial charge in [0.1, 0.15) is 13.2 Å². The molecule has 19 heavy (non-hydrogen) atoms. The van der Waals surface area contributed by atoms with Crippen LogP contribution in [0.2, 0.25) is 0 Å². The van der Waals surface area contributed by atoms with E-state index >= 15 is 0 Å². The zero-order valence-electron chi connectivity index (χ0n) is 11.9. The Bertz CT molecular complexity index is 451. The van der Waals surface area contributed by atoms with Gasteiger partial charge in [-0.2, -0.15) is 0 Å². The maximum atomic E-state index is 5.99. The van der Waals surface area contributed by atoms with Crippen molar-refractivity contribution in [1.82, 2.24) is 0 Å². The average molecular weight is 284 g/mol. The van der Waals surface area contributed by atoms with Crippen LogP contribution < -0.4 is 9.47 Å². The lowest BCUT2D eigenvalue weighted by Gasteiger charge is -2.41. The first-order valence-corrected chi connectivity index (χ1v) is 7.36. The highest BCUT2D eigenvalue weighted by molar-refractivity contribution is 7.12. The van der Waals surface area contributed by atoms with Crippen LogP contribution in [-0.2, 0) is 9.47 Å². The first-order valence-electron chi connectivity index (χ1n) is 6.54. The summed E-state index contributed by atoms with van der Waals surface area (Å²) >= 11 is 1.72. The van der Waals surface area contributed by atoms with Gasteiger partial charge in [-0.05, 0) is 27.7 Å². The third-order valence-electron chi connectivity index (χ3n) is 3.65. The highest BCUT2D eigenvalue weighted by atomic mass is 32.1. The second kappa shape index (κ2) is 4.36. The van der Waals surface area contributed by atoms with Crippen molar-refractivity contribution in [2.75, 3.05) is 26.4 Å². The Kier molecular flexibility index (Phi) is 3.04. The molecule has 0 N–H and O–H groups in total. The third-order valence-corrected chi connectivity index (χ3v) is 4.63. The zero-order chi connectivity index (χ0) is 13.7. The Morgan fingerprint density at radius 3 is 1.79 bits per heavy atom. The van der Waals surface area contributed by atoms with Gasteiger partial charge in [-0.1, -0.05) is 0 Å². The molecule has 5 heteroatoms. The van der Waals surface area contributed by atoms with Crippen LogP contribution in [0.4, 0.5) is 0 Å². The molecular formula is C14H20O4S. The van der Waals surface area contributed by atoms with Crippen molar-refractivity contribution in [3.8, 4) is 11.5 Å². The summed E-state index contributed by atoms with van der Waals surface area (Å²) in [5.41, 5.74) is -0.203. The van der Waals surface area contributed by atoms with E-state index in [-0.39, 0.29) is 5.41 Å². The van der Waals surface area contributed by atoms with E-state index in [1.54, 1.807) is 11.3 Å². The first kappa shape index (κ1) is 13.2. The van der Waals surface area contributed by atoms with Gasteiger partial charge in [0.05, 0.1) is 18.6 Å². The van der Waals surface area contributed by atoms with Gasteiger partial charge in [-0.3, -0.25) is 0 Å². The van der Waals surface area contributed by atoms with Crippen LogP contribution in [0.3, 0.4) is 0 Å². The molecule has 3 heterocycles. The fourth-order valence-corrected chi connectivity index (χ4v) is 3.32. The number of fused-ring (bicyclic) bond motifs is 1. The van der Waals surface area contributed by atoms with Gasteiger partial charge in [0.25, 0.3) is 0 Å². The maximum absolute atomic E-state index is 5.99. The molecule has 1 fully saturated rings. The zero-order valence-corrected chi connectivity index (χ0v) is 12.7. The van der Waals surface area contributed by atoms with E-state index in [1.807, 2.05) is 13.8 Å². The number of ether oxygens (including phenoxy) is 4. The molecule has 4 nitrogen and oxygen atoms in total. The number of hydrogen-bond acceptors (Lipinski definition) is 5. The fourth-order valence-electron chi connectivity index (χ4n) is 2.37. The molecule has 0 atom stereocenters. The van der Waals surface area contributed by atoms with Crippen LogP contribution in [0.15, 0.2) is 0 Å². The van der Waals surface area contributed by atoms with Crippen molar-refractivity contribution < 1.29 is 18.9 Å². The molecule has 1 spiro atoms. The second-order valence-electron chi connectivity index (χ2n) is 5.93. The third kappa shape index (κ3) is 2.35. The molecule has 2 aliphatic heterocycles. The normalized spacial score (nSPS) is 24.2. The molecule has 106 valence electrons. The van der Waals surface area contributed by atoms with E-state index in [0.29, 0.717) is 26.4 Å². The fraction of sp³-hybridized carbons (Fsp3) is 0.714. The molecule has 1 aromatic rings. The van der Waals surface area contributed by atoms with Crippen molar-refractivity contribution in [3.05, 3.63) is 9.75 Å². The second-order valence-corrected chi connectivity index (χ2v) is 7.36. The molecule has 0 aromatic carbocycles. The van der Waals surface area contributed by atoms with Crippen LogP contribution in [0, 0.1) is 19.3 Å². The standard InChI is InChI=1S/C14H20O4S/c1-9-11-12(10(2)19-9)16-6-14(5-15-11)7-17-13(3,4)18-8-14/h5-8H2,1-4H3. The molecule has 1 saturated heterocycles. The van der Waals surface area contributed by atoms with Crippen molar-refractivity contribution in [2.24, 2.45) is 5.41 Å². The summed E-state index contributed by atoms with van der Waals surface area (Å²) in [6.07, 6.45) is 0. The molecule has 3 rings (SSSR count). The Balaban J connectivity index is 1.79. The van der Waals surface area contributed by atoms with Gasteiger partial charge < -0.3 is 18.9 Å². The average Bonchev–Trinajstić information content (AvgIpc) is 2.53. The summed E-state index contributed by atoms with van der Waals surface area (Å²) in [6.45, 7) is 10.4. The van der Waals surface area contributed by atoms with Crippen LogP contribution in [0.25, 0.3) is 0 Å². The molecule has 2 aliphatic rings. The Morgan fingerprint density at radius 2 is 1.32 bits per heavy atom. The van der Waals surface area contributed by atoms with Crippen LogP contribution >= 0.6 is 11.3 Å². The van der Waals surface area contributed by atoms with Crippen LogP contribution in [-0.4, -0.2) is 32.2 Å². The molecular weight excluding hydrogens is 264 g/mol. The summed E-state index contributed by atoms with van der Waals surface area (Å²) in [5, 5.41) is 0. The van der Waals surface area contributed by atoms with Gasteiger partial charge in [-0.15, -0.1) is 11.3 Å². The van der Waals surface area contributed by atoms with E-state index in [4.69, 9.17) is 18.9 Å². The van der Waals surface area contributed by atoms with Gasteiger partial charge in [0.15, 0.2) is 17.3 Å². The smallest absolute Gasteiger partial charge is 0.175 e. The van der Waals surface area contributed by atoms with E-state index < -0.39 is 5.79 Å². The summed E-state index contributed by atoms with van der Waals surface area (Å²) in [4.78, 5) is 2.34. The number of aryl methyl sites for hydroxylation is 2. The predicted molar refractivity (Wildman–Crippen MR) is 73.2 cm³/mol. The van der Waals surface area contributed by atoms with Gasteiger partial charge in [0, 0.05) is 9.75 Å². The molecule has 0 aliphatic carbocycles. The molecule has 1 aromatic heterocycles. The van der Waals surface area contributed by atoms with Gasteiger partial charge in [0.2, 0.25) is 0 Å². The Labute approximate surface area is 117 Å². The largest absolute Gasteiger partial charge is 0.488 e. The quantitative estimate of drug-likeness (QED) is 0.734. The molecule has 0 unspecified atom stereocenters. The Hall–Kier alpha value is -0.780. The predicted octanol–water partition coefficient (Wildman–Crippen LogP) is 2.91. The highest BCUT2D eigenvalue weighted by Crippen LogP contribution is 2.45. The first-order chi connectivity index (χ1) is 8.91. The molecule has 0 amide bonds. The van der Waals surface area contributed by atoms with Crippen LogP contribution in [0.5, 0.6) is 11.5 Å². The number of rotatable bonds is 0. The summed E-state index contributed by atoms with van der Waals surface area (Å²) in [6, 6.07) is 0. The monoisotopic (exact) mass is 284 g/mol. The van der Waals surface area contributed by atoms with E-state index in [9.17, 15) is 0 Å². The van der Waals surface area contributed by atoms with E-state index in [2.05, 4.69) is 13.8 Å². The van der Waals surface area contributed by atoms with E-state index in [1.165, 1.54) is 9.75 Å². The lowest BCUT2D eigenvalue weighted by atomic mass is 9.91. The van der Waals surface area contributed by atoms with Crippen molar-refractivity contribution >= 4 is 11.3 Å². The SMILES string of the molecule is Cc1sc(C)c2c1OCC1(CO2)COC(C)(C)OC1. The molecule has 0 radical (unpaired) electrons. The van der Waals surface area contributed by atoms with Gasteiger partial charge >= 0.3 is 0 Å². The summed E-state index contributed by atoms with van der Waals surface area (Å²) < 4.78 is 23.5. The van der Waals surface area contributed by atoms with E-state index in [0.717, 1.165) is 11.5 Å². The minimum absolute atomic E-state index is 0.203. The van der Waals surface area contributed by atoms with Crippen LogP contribution in [0.1, 0.15) is 23.6 Å². The minimum Gasteiger partial charge on any atom is -0.488 e. The molecule has 0 saturated carbocycles. The van der Waals surface area contributed by atoms with Crippen molar-refractivity contribution in [1.29, 1.82) is 0 Å². The van der Waals surface area contributed by atoms with Crippen molar-refractivity contribution in [2.45, 2.75) is 33.5 Å². The number of thiophene rings is 1. The Morgan fingerprint density at radius 1 is 0.842 bits per heavy atom. The molecule has 0 bridgehead atoms. The lowest BCUT2D eigenvalue weighted by Crippen LogP contribution is -2.51. The number of hydrogen-bond donors (Lipinski definition) is 0.